The number of anilines is 2. The number of nitrogens with zero attached hydrogens (tertiary/aromatic N) is 3. The molecule has 1 aromatic heterocycles. The van der Waals surface area contributed by atoms with Crippen LogP contribution in [0.5, 0.6) is 0 Å². The molecule has 4 rings (SSSR count). The number of hydrogen-bond acceptors (Lipinski definition) is 5. The Labute approximate surface area is 203 Å². The van der Waals surface area contributed by atoms with Crippen LogP contribution in [0.25, 0.3) is 0 Å². The van der Waals surface area contributed by atoms with Crippen molar-refractivity contribution in [2.24, 2.45) is 10.4 Å². The van der Waals surface area contributed by atoms with Gasteiger partial charge in [-0.1, -0.05) is 51.1 Å². The summed E-state index contributed by atoms with van der Waals surface area (Å²) >= 11 is 0. The fraction of sp³-hybridized carbons (Fsp3) is 0.269. The minimum atomic E-state index is -1.27. The van der Waals surface area contributed by atoms with Crippen molar-refractivity contribution in [1.82, 2.24) is 15.5 Å². The van der Waals surface area contributed by atoms with Gasteiger partial charge >= 0.3 is 6.03 Å². The van der Waals surface area contributed by atoms with Crippen molar-refractivity contribution in [1.29, 1.82) is 0 Å². The summed E-state index contributed by atoms with van der Waals surface area (Å²) in [6, 6.07) is 15.7. The Kier molecular flexibility index (Phi) is 6.50. The zero-order valence-electron chi connectivity index (χ0n) is 20.1. The Balaban J connectivity index is 1.73. The van der Waals surface area contributed by atoms with Crippen LogP contribution in [-0.4, -0.2) is 46.3 Å². The number of para-hydroxylation sites is 1. The number of urea groups is 1. The third-order valence-corrected chi connectivity index (χ3v) is 5.63. The van der Waals surface area contributed by atoms with Crippen LogP contribution in [0.3, 0.4) is 0 Å². The van der Waals surface area contributed by atoms with Crippen LogP contribution in [0.1, 0.15) is 37.6 Å². The molecule has 0 radical (unpaired) electrons. The van der Waals surface area contributed by atoms with Gasteiger partial charge in [-0.15, -0.1) is 0 Å². The molecule has 1 aliphatic heterocycles. The molecule has 2 heterocycles. The number of benzene rings is 2. The number of ketones is 1. The minimum Gasteiger partial charge on any atom is -0.308 e. The molecule has 35 heavy (non-hydrogen) atoms. The molecule has 180 valence electrons. The molecule has 9 heteroatoms. The summed E-state index contributed by atoms with van der Waals surface area (Å²) in [4.78, 5) is 45.6. The summed E-state index contributed by atoms with van der Waals surface area (Å²) in [7, 11) is 0. The third-order valence-electron chi connectivity index (χ3n) is 5.63. The number of aromatic amines is 1. The Morgan fingerprint density at radius 1 is 1.09 bits per heavy atom. The number of carbonyl (C=O) groups excluding carboxylic acids is 3. The van der Waals surface area contributed by atoms with Gasteiger partial charge in [0.05, 0.1) is 17.9 Å². The summed E-state index contributed by atoms with van der Waals surface area (Å²) in [5.74, 6) is -0.633. The zero-order chi connectivity index (χ0) is 25.2. The lowest BCUT2D eigenvalue weighted by molar-refractivity contribution is -0.127. The van der Waals surface area contributed by atoms with Gasteiger partial charge in [-0.25, -0.2) is 9.79 Å². The van der Waals surface area contributed by atoms with Crippen molar-refractivity contribution in [3.8, 4) is 0 Å². The van der Waals surface area contributed by atoms with E-state index in [1.54, 1.807) is 51.2 Å². The number of hydrogen-bond donors (Lipinski definition) is 3. The SMILES string of the molecule is Cc1cccc(NC(=O)N[C@@H]2N=C(c3cc[nH]n3)c3ccccc3N(CC(=O)C(C)(C)C)C2=O)c1. The van der Waals surface area contributed by atoms with Crippen LogP contribution >= 0.6 is 0 Å². The van der Waals surface area contributed by atoms with E-state index < -0.39 is 23.5 Å². The number of nitrogens with one attached hydrogen (secondary N) is 3. The highest BCUT2D eigenvalue weighted by Gasteiger charge is 2.36. The molecule has 1 atom stereocenters. The first kappa shape index (κ1) is 23.9. The van der Waals surface area contributed by atoms with Crippen molar-refractivity contribution < 1.29 is 14.4 Å². The Bertz CT molecular complexity index is 1290. The van der Waals surface area contributed by atoms with Gasteiger partial charge in [-0.2, -0.15) is 5.10 Å². The van der Waals surface area contributed by atoms with Gasteiger partial charge in [0.1, 0.15) is 5.69 Å². The second-order valence-electron chi connectivity index (χ2n) is 9.42. The van der Waals surface area contributed by atoms with Crippen LogP contribution in [0, 0.1) is 12.3 Å². The molecule has 0 bridgehead atoms. The summed E-state index contributed by atoms with van der Waals surface area (Å²) < 4.78 is 0. The fourth-order valence-corrected chi connectivity index (χ4v) is 3.68. The van der Waals surface area contributed by atoms with Crippen LogP contribution in [-0.2, 0) is 9.59 Å². The predicted octanol–water partition coefficient (Wildman–Crippen LogP) is 3.67. The van der Waals surface area contributed by atoms with Crippen molar-refractivity contribution in [2.75, 3.05) is 16.8 Å². The summed E-state index contributed by atoms with van der Waals surface area (Å²) in [5.41, 5.74) is 3.02. The molecule has 0 fully saturated rings. The van der Waals surface area contributed by atoms with Gasteiger partial charge in [0.25, 0.3) is 5.91 Å². The molecular formula is C26H28N6O3. The molecule has 0 spiro atoms. The van der Waals surface area contributed by atoms with E-state index in [0.717, 1.165) is 5.56 Å². The van der Waals surface area contributed by atoms with Crippen LogP contribution in [0.15, 0.2) is 65.8 Å². The van der Waals surface area contributed by atoms with E-state index in [1.165, 1.54) is 4.90 Å². The van der Waals surface area contributed by atoms with Gasteiger partial charge in [0.15, 0.2) is 5.78 Å². The molecule has 2 aromatic carbocycles. The van der Waals surface area contributed by atoms with E-state index in [0.29, 0.717) is 28.3 Å². The first-order chi connectivity index (χ1) is 16.6. The van der Waals surface area contributed by atoms with Crippen LogP contribution in [0.4, 0.5) is 16.2 Å². The quantitative estimate of drug-likeness (QED) is 0.525. The highest BCUT2D eigenvalue weighted by Crippen LogP contribution is 2.29. The highest BCUT2D eigenvalue weighted by molar-refractivity contribution is 6.20. The number of H-pyrrole nitrogens is 1. The summed E-state index contributed by atoms with van der Waals surface area (Å²) in [6.07, 6.45) is 0.382. The monoisotopic (exact) mass is 472 g/mol. The van der Waals surface area contributed by atoms with E-state index in [-0.39, 0.29) is 12.3 Å². The smallest absolute Gasteiger partial charge is 0.308 e. The molecule has 1 aliphatic rings. The maximum Gasteiger partial charge on any atom is 0.321 e. The van der Waals surface area contributed by atoms with Gasteiger partial charge < -0.3 is 15.5 Å². The number of amides is 3. The van der Waals surface area contributed by atoms with Gasteiger partial charge in [-0.05, 0) is 36.8 Å². The fourth-order valence-electron chi connectivity index (χ4n) is 3.68. The van der Waals surface area contributed by atoms with E-state index in [1.807, 2.05) is 37.3 Å². The molecule has 0 saturated carbocycles. The number of fused-ring (bicyclic) bond motifs is 1. The third kappa shape index (κ3) is 5.29. The number of aromatic nitrogens is 2. The average molecular weight is 473 g/mol. The summed E-state index contributed by atoms with van der Waals surface area (Å²) in [5, 5.41) is 12.4. The Morgan fingerprint density at radius 3 is 2.54 bits per heavy atom. The van der Waals surface area contributed by atoms with E-state index >= 15 is 0 Å². The van der Waals surface area contributed by atoms with Gasteiger partial charge in [0, 0.05) is 22.9 Å². The number of aryl methyl sites for hydroxylation is 1. The molecule has 0 aliphatic carbocycles. The molecule has 3 aromatic rings. The molecular weight excluding hydrogens is 444 g/mol. The zero-order valence-corrected chi connectivity index (χ0v) is 20.1. The van der Waals surface area contributed by atoms with E-state index in [4.69, 9.17) is 0 Å². The number of aliphatic imine (C=N–C) groups is 1. The lowest BCUT2D eigenvalue weighted by Gasteiger charge is -2.28. The van der Waals surface area contributed by atoms with E-state index in [2.05, 4.69) is 25.8 Å². The molecule has 9 nitrogen and oxygen atoms in total. The highest BCUT2D eigenvalue weighted by atomic mass is 16.2. The van der Waals surface area contributed by atoms with Gasteiger partial charge in [-0.3, -0.25) is 14.7 Å². The first-order valence-electron chi connectivity index (χ1n) is 11.3. The predicted molar refractivity (Wildman–Crippen MR) is 135 cm³/mol. The number of rotatable bonds is 5. The van der Waals surface area contributed by atoms with E-state index in [9.17, 15) is 14.4 Å². The molecule has 3 amide bonds. The van der Waals surface area contributed by atoms with Crippen molar-refractivity contribution in [3.05, 3.63) is 77.6 Å². The minimum absolute atomic E-state index is 0.119. The Hall–Kier alpha value is -4.27. The molecule has 0 unspecified atom stereocenters. The molecule has 0 saturated heterocycles. The normalized spacial score (nSPS) is 15.7. The van der Waals surface area contributed by atoms with Gasteiger partial charge in [0.2, 0.25) is 6.17 Å². The number of Topliss-reactive ketones (excluding diaryl/α,β-unsaturated/α-hetero) is 1. The Morgan fingerprint density at radius 2 is 1.86 bits per heavy atom. The average Bonchev–Trinajstić information content (AvgIpc) is 3.30. The maximum atomic E-state index is 13.7. The van der Waals surface area contributed by atoms with Crippen molar-refractivity contribution in [3.63, 3.8) is 0 Å². The second-order valence-corrected chi connectivity index (χ2v) is 9.42. The van der Waals surface area contributed by atoms with Crippen molar-refractivity contribution in [2.45, 2.75) is 33.9 Å². The number of carbonyl (C=O) groups is 3. The standard InChI is InChI=1S/C26H28N6O3/c1-16-8-7-9-17(14-16)28-25(35)30-23-24(34)32(15-21(33)26(2,3)4)20-11-6-5-10-18(20)22(29-23)19-12-13-27-31-19/h5-14,23H,15H2,1-4H3,(H,27,31)(H2,28,30,35)/t23-/m0/s1. The van der Waals surface area contributed by atoms with Crippen molar-refractivity contribution >= 4 is 34.8 Å². The lowest BCUT2D eigenvalue weighted by atomic mass is 9.90. The van der Waals surface area contributed by atoms with Crippen LogP contribution in [0.2, 0.25) is 0 Å². The first-order valence-corrected chi connectivity index (χ1v) is 11.3. The largest absolute Gasteiger partial charge is 0.321 e. The lowest BCUT2D eigenvalue weighted by Crippen LogP contribution is -2.50. The topological polar surface area (TPSA) is 120 Å². The summed E-state index contributed by atoms with van der Waals surface area (Å²) in [6.45, 7) is 7.18. The molecule has 3 N–H and O–H groups in total. The number of benzodiazepines with no additional fused rings is 1. The van der Waals surface area contributed by atoms with Crippen LogP contribution < -0.4 is 15.5 Å². The maximum absolute atomic E-state index is 13.7. The second kappa shape index (κ2) is 9.54.